The van der Waals surface area contributed by atoms with Gasteiger partial charge in [-0.3, -0.25) is 15.0 Å². The summed E-state index contributed by atoms with van der Waals surface area (Å²) in [5.74, 6) is -0.303. The van der Waals surface area contributed by atoms with Crippen LogP contribution in [0.2, 0.25) is 0 Å². The Morgan fingerprint density at radius 3 is 2.62 bits per heavy atom. The lowest BCUT2D eigenvalue weighted by Gasteiger charge is -2.32. The number of Topliss-reactive ketones (excluding diaryl/α,β-unsaturated/α-hetero) is 1. The zero-order valence-electron chi connectivity index (χ0n) is 23.5. The Balaban J connectivity index is 2.18. The Morgan fingerprint density at radius 1 is 1.33 bits per heavy atom. The number of ether oxygens (including phenoxy) is 1. The first-order valence-corrected chi connectivity index (χ1v) is 13.1. The number of allylic oxidation sites excluding steroid dienone is 1. The van der Waals surface area contributed by atoms with Crippen molar-refractivity contribution >= 4 is 17.5 Å². The summed E-state index contributed by atoms with van der Waals surface area (Å²) in [6.07, 6.45) is 4.62. The molecule has 4 atom stereocenters. The largest absolute Gasteiger partial charge is 0.472 e. The standard InChI is InChI=1S/C27H41F3N6O3/c1-7-17(2)8-9-20(12-19(4)33-16-27(28,29)30)26-35(6)22(15-39-26)25(38)34-21(13-32-5)24(31)36-11-10-18(3)23(37)14-36/h8-9,12-13,15,17-19,26,31-33H,7,10-11,14,16H2,1-6H3,(H,34,38)/b9-8-,20-12+,21-13+,31-24?. The molecule has 0 aromatic carbocycles. The third kappa shape index (κ3) is 9.45. The van der Waals surface area contributed by atoms with E-state index in [9.17, 15) is 22.8 Å². The Morgan fingerprint density at radius 2 is 2.03 bits per heavy atom. The van der Waals surface area contributed by atoms with E-state index in [1.165, 1.54) is 12.5 Å². The fraction of sp³-hybridized carbons (Fsp3) is 0.593. The maximum atomic E-state index is 13.2. The predicted molar refractivity (Wildman–Crippen MR) is 144 cm³/mol. The number of carbonyl (C=O) groups is 2. The summed E-state index contributed by atoms with van der Waals surface area (Å²) < 4.78 is 43.9. The zero-order valence-corrected chi connectivity index (χ0v) is 23.5. The zero-order chi connectivity index (χ0) is 29.3. The second-order valence-corrected chi connectivity index (χ2v) is 10.0. The van der Waals surface area contributed by atoms with Gasteiger partial charge in [0.05, 0.1) is 18.8 Å². The van der Waals surface area contributed by atoms with Gasteiger partial charge in [0.15, 0.2) is 12.0 Å². The van der Waals surface area contributed by atoms with Crippen molar-refractivity contribution in [1.29, 1.82) is 5.41 Å². The number of amidine groups is 1. The smallest absolute Gasteiger partial charge is 0.401 e. The third-order valence-corrected chi connectivity index (χ3v) is 6.72. The molecule has 4 unspecified atom stereocenters. The summed E-state index contributed by atoms with van der Waals surface area (Å²) >= 11 is 0. The molecule has 12 heteroatoms. The minimum Gasteiger partial charge on any atom is -0.472 e. The van der Waals surface area contributed by atoms with E-state index < -0.39 is 30.9 Å². The Labute approximate surface area is 228 Å². The molecule has 2 heterocycles. The average molecular weight is 555 g/mol. The van der Waals surface area contributed by atoms with E-state index >= 15 is 0 Å². The number of piperidine rings is 1. The number of likely N-dealkylation sites (tertiary alicyclic amines) is 1. The summed E-state index contributed by atoms with van der Waals surface area (Å²) in [5.41, 5.74) is 0.968. The first kappa shape index (κ1) is 31.9. The highest BCUT2D eigenvalue weighted by Gasteiger charge is 2.33. The van der Waals surface area contributed by atoms with Crippen molar-refractivity contribution in [3.63, 3.8) is 0 Å². The van der Waals surface area contributed by atoms with E-state index in [0.717, 1.165) is 6.42 Å². The van der Waals surface area contributed by atoms with Crippen molar-refractivity contribution < 1.29 is 27.5 Å². The number of hydrogen-bond donors (Lipinski definition) is 4. The molecule has 1 fully saturated rings. The first-order chi connectivity index (χ1) is 18.3. The van der Waals surface area contributed by atoms with Gasteiger partial charge in [-0.25, -0.2) is 0 Å². The average Bonchev–Trinajstić information content (AvgIpc) is 3.26. The van der Waals surface area contributed by atoms with Gasteiger partial charge in [-0.1, -0.05) is 45.4 Å². The van der Waals surface area contributed by atoms with Crippen molar-refractivity contribution in [3.8, 4) is 0 Å². The van der Waals surface area contributed by atoms with Crippen LogP contribution in [0.1, 0.15) is 40.5 Å². The van der Waals surface area contributed by atoms with Crippen LogP contribution in [-0.4, -0.2) is 79.5 Å². The van der Waals surface area contributed by atoms with Gasteiger partial charge in [-0.15, -0.1) is 0 Å². The first-order valence-electron chi connectivity index (χ1n) is 13.1. The second kappa shape index (κ2) is 14.2. The highest BCUT2D eigenvalue weighted by Crippen LogP contribution is 2.26. The minimum absolute atomic E-state index is 0.0123. The minimum atomic E-state index is -4.34. The van der Waals surface area contributed by atoms with Crippen LogP contribution in [-0.2, 0) is 14.3 Å². The molecule has 0 radical (unpaired) electrons. The molecule has 4 N–H and O–H groups in total. The van der Waals surface area contributed by atoms with Gasteiger partial charge in [-0.2, -0.15) is 13.2 Å². The monoisotopic (exact) mass is 554 g/mol. The van der Waals surface area contributed by atoms with Gasteiger partial charge >= 0.3 is 6.18 Å². The molecule has 1 saturated heterocycles. The number of likely N-dealkylation sites (N-methyl/N-ethyl adjacent to an activating group) is 1. The number of hydrogen-bond acceptors (Lipinski definition) is 7. The molecular formula is C27H41F3N6O3. The molecule has 9 nitrogen and oxygen atoms in total. The van der Waals surface area contributed by atoms with Gasteiger partial charge in [0, 0.05) is 44.4 Å². The number of rotatable bonds is 11. The van der Waals surface area contributed by atoms with Crippen molar-refractivity contribution in [3.05, 3.63) is 47.7 Å². The molecule has 2 aliphatic heterocycles. The van der Waals surface area contributed by atoms with E-state index in [2.05, 4.69) is 16.0 Å². The Kier molecular flexibility index (Phi) is 11.6. The van der Waals surface area contributed by atoms with Gasteiger partial charge < -0.3 is 30.5 Å². The lowest BCUT2D eigenvalue weighted by molar-refractivity contribution is -0.126. The second-order valence-electron chi connectivity index (χ2n) is 10.0. The van der Waals surface area contributed by atoms with Crippen molar-refractivity contribution in [2.45, 2.75) is 59.0 Å². The van der Waals surface area contributed by atoms with Crippen LogP contribution in [0.15, 0.2) is 47.7 Å². The van der Waals surface area contributed by atoms with E-state index in [0.29, 0.717) is 18.5 Å². The Bertz CT molecular complexity index is 1020. The van der Waals surface area contributed by atoms with Crippen molar-refractivity contribution in [1.82, 2.24) is 25.8 Å². The van der Waals surface area contributed by atoms with E-state index in [1.807, 2.05) is 32.9 Å². The summed E-state index contributed by atoms with van der Waals surface area (Å²) in [7, 11) is 3.29. The summed E-state index contributed by atoms with van der Waals surface area (Å²) in [4.78, 5) is 28.6. The van der Waals surface area contributed by atoms with Gasteiger partial charge in [0.2, 0.25) is 0 Å². The van der Waals surface area contributed by atoms with Crippen LogP contribution in [0.3, 0.4) is 0 Å². The number of nitrogens with one attached hydrogen (secondary N) is 4. The van der Waals surface area contributed by atoms with Crippen LogP contribution in [0.4, 0.5) is 13.2 Å². The van der Waals surface area contributed by atoms with E-state index in [1.54, 1.807) is 36.9 Å². The highest BCUT2D eigenvalue weighted by molar-refractivity contribution is 6.04. The maximum absolute atomic E-state index is 13.2. The summed E-state index contributed by atoms with van der Waals surface area (Å²) in [5, 5.41) is 16.6. The normalized spacial score (nSPS) is 22.5. The summed E-state index contributed by atoms with van der Waals surface area (Å²) in [6, 6.07) is -0.612. The fourth-order valence-corrected chi connectivity index (χ4v) is 3.99. The van der Waals surface area contributed by atoms with Crippen LogP contribution in [0.25, 0.3) is 0 Å². The lowest BCUT2D eigenvalue weighted by atomic mass is 9.97. The third-order valence-electron chi connectivity index (χ3n) is 6.72. The summed E-state index contributed by atoms with van der Waals surface area (Å²) in [6.45, 7) is 7.02. The van der Waals surface area contributed by atoms with E-state index in [4.69, 9.17) is 10.1 Å². The SMILES string of the molecule is CCC(C)/C=C\C(=C/C(C)NCC(F)(F)F)C1OC=C(C(=O)N/C(=C/NC)C(=N)N2CCC(C)C(=O)C2)N1C. The molecule has 39 heavy (non-hydrogen) atoms. The molecule has 2 aliphatic rings. The van der Waals surface area contributed by atoms with Gasteiger partial charge in [-0.05, 0) is 19.3 Å². The van der Waals surface area contributed by atoms with Crippen molar-refractivity contribution in [2.75, 3.05) is 33.7 Å². The molecule has 0 spiro atoms. The number of nitrogens with zero attached hydrogens (tertiary/aromatic N) is 2. The number of ketones is 1. The number of amides is 1. The molecule has 0 saturated carbocycles. The van der Waals surface area contributed by atoms with Gasteiger partial charge in [0.25, 0.3) is 5.91 Å². The number of alkyl halides is 3. The molecule has 0 aromatic rings. The molecule has 0 aliphatic carbocycles. The fourth-order valence-electron chi connectivity index (χ4n) is 3.99. The Hall–Kier alpha value is -3.28. The van der Waals surface area contributed by atoms with Crippen LogP contribution < -0.4 is 16.0 Å². The topological polar surface area (TPSA) is 110 Å². The quantitative estimate of drug-likeness (QED) is 0.176. The predicted octanol–water partition coefficient (Wildman–Crippen LogP) is 3.25. The molecule has 1 amide bonds. The van der Waals surface area contributed by atoms with E-state index in [-0.39, 0.29) is 41.4 Å². The van der Waals surface area contributed by atoms with Gasteiger partial charge in [0.1, 0.15) is 17.8 Å². The molecule has 2 rings (SSSR count). The maximum Gasteiger partial charge on any atom is 0.401 e. The van der Waals surface area contributed by atoms with Crippen LogP contribution in [0, 0.1) is 17.2 Å². The molecule has 218 valence electrons. The number of carbonyl (C=O) groups excluding carboxylic acids is 2. The number of halogens is 3. The molecule has 0 aromatic heterocycles. The molecular weight excluding hydrogens is 513 g/mol. The van der Waals surface area contributed by atoms with Crippen molar-refractivity contribution in [2.24, 2.45) is 11.8 Å². The lowest BCUT2D eigenvalue weighted by Crippen LogP contribution is -2.47. The highest BCUT2D eigenvalue weighted by atomic mass is 19.4. The van der Waals surface area contributed by atoms with Crippen LogP contribution in [0.5, 0.6) is 0 Å². The molecule has 0 bridgehead atoms. The van der Waals surface area contributed by atoms with Crippen LogP contribution >= 0.6 is 0 Å².